The summed E-state index contributed by atoms with van der Waals surface area (Å²) in [5.74, 6) is 0.0120. The minimum Gasteiger partial charge on any atom is -0.387 e. The molecule has 0 radical (unpaired) electrons. The molecule has 1 heterocycles. The molecule has 1 N–H and O–H groups in total. The standard InChI is InChI=1S/C19H19NO2/c21-18-12-17(11-15-7-3-1-4-8-15)19(22)20(14-18)13-16-9-5-2-6-10-16/h1-10,12,18,21H,11,13-14H2. The zero-order chi connectivity index (χ0) is 15.4. The maximum Gasteiger partial charge on any atom is 0.250 e. The Hall–Kier alpha value is -2.39. The summed E-state index contributed by atoms with van der Waals surface area (Å²) in [7, 11) is 0. The normalized spacial score (nSPS) is 18.2. The molecule has 1 unspecified atom stereocenters. The lowest BCUT2D eigenvalue weighted by Gasteiger charge is -2.30. The average Bonchev–Trinajstić information content (AvgIpc) is 2.54. The molecular formula is C19H19NO2. The second-order valence-electron chi connectivity index (χ2n) is 5.59. The summed E-state index contributed by atoms with van der Waals surface area (Å²) in [4.78, 5) is 14.3. The van der Waals surface area contributed by atoms with Crippen LogP contribution in [0, 0.1) is 0 Å². The van der Waals surface area contributed by atoms with E-state index in [-0.39, 0.29) is 5.91 Å². The third kappa shape index (κ3) is 3.43. The Bertz CT molecular complexity index is 664. The monoisotopic (exact) mass is 293 g/mol. The van der Waals surface area contributed by atoms with Crippen LogP contribution in [0.25, 0.3) is 0 Å². The fourth-order valence-electron chi connectivity index (χ4n) is 2.76. The number of amides is 1. The Labute approximate surface area is 130 Å². The molecule has 0 aliphatic carbocycles. The van der Waals surface area contributed by atoms with Gasteiger partial charge >= 0.3 is 0 Å². The largest absolute Gasteiger partial charge is 0.387 e. The Morgan fingerprint density at radius 3 is 2.18 bits per heavy atom. The molecule has 0 saturated carbocycles. The van der Waals surface area contributed by atoms with Crippen LogP contribution in [0.4, 0.5) is 0 Å². The van der Waals surface area contributed by atoms with Gasteiger partial charge in [0.05, 0.1) is 12.6 Å². The van der Waals surface area contributed by atoms with Crippen LogP contribution in [0.5, 0.6) is 0 Å². The van der Waals surface area contributed by atoms with Gasteiger partial charge in [-0.05, 0) is 17.2 Å². The second kappa shape index (κ2) is 6.58. The summed E-state index contributed by atoms with van der Waals surface area (Å²) in [6.45, 7) is 0.884. The molecule has 0 bridgehead atoms. The molecule has 0 fully saturated rings. The lowest BCUT2D eigenvalue weighted by molar-refractivity contribution is -0.130. The van der Waals surface area contributed by atoms with Crippen molar-refractivity contribution < 1.29 is 9.90 Å². The fraction of sp³-hybridized carbons (Fsp3) is 0.211. The van der Waals surface area contributed by atoms with Crippen LogP contribution >= 0.6 is 0 Å². The predicted octanol–water partition coefficient (Wildman–Crippen LogP) is 2.56. The first-order valence-electron chi connectivity index (χ1n) is 7.48. The number of hydrogen-bond acceptors (Lipinski definition) is 2. The third-order valence-electron chi connectivity index (χ3n) is 3.82. The summed E-state index contributed by atoms with van der Waals surface area (Å²) in [5.41, 5.74) is 2.82. The van der Waals surface area contributed by atoms with E-state index in [0.717, 1.165) is 11.1 Å². The van der Waals surface area contributed by atoms with Gasteiger partial charge in [0, 0.05) is 18.5 Å². The highest BCUT2D eigenvalue weighted by Crippen LogP contribution is 2.19. The Balaban J connectivity index is 1.76. The smallest absolute Gasteiger partial charge is 0.250 e. The first kappa shape index (κ1) is 14.5. The minimum absolute atomic E-state index is 0.0120. The highest BCUT2D eigenvalue weighted by molar-refractivity contribution is 5.94. The van der Waals surface area contributed by atoms with Gasteiger partial charge in [0.1, 0.15) is 0 Å². The van der Waals surface area contributed by atoms with E-state index in [9.17, 15) is 9.90 Å². The Morgan fingerprint density at radius 2 is 1.55 bits per heavy atom. The van der Waals surface area contributed by atoms with Crippen molar-refractivity contribution in [1.82, 2.24) is 4.90 Å². The van der Waals surface area contributed by atoms with Crippen LogP contribution in [0.3, 0.4) is 0 Å². The molecule has 2 aromatic carbocycles. The lowest BCUT2D eigenvalue weighted by Crippen LogP contribution is -2.41. The van der Waals surface area contributed by atoms with Gasteiger partial charge in [0.25, 0.3) is 0 Å². The summed E-state index contributed by atoms with van der Waals surface area (Å²) < 4.78 is 0. The van der Waals surface area contributed by atoms with Gasteiger partial charge in [-0.1, -0.05) is 60.7 Å². The summed E-state index contributed by atoms with van der Waals surface area (Å²) in [6.07, 6.45) is 1.65. The molecule has 1 aliphatic heterocycles. The molecule has 1 aliphatic rings. The number of rotatable bonds is 4. The molecule has 0 saturated heterocycles. The van der Waals surface area contributed by atoms with E-state index < -0.39 is 6.10 Å². The fourth-order valence-corrected chi connectivity index (χ4v) is 2.76. The van der Waals surface area contributed by atoms with Crippen molar-refractivity contribution in [2.45, 2.75) is 19.1 Å². The molecule has 0 aromatic heterocycles. The van der Waals surface area contributed by atoms with Gasteiger partial charge in [-0.25, -0.2) is 0 Å². The zero-order valence-electron chi connectivity index (χ0n) is 12.4. The first-order chi connectivity index (χ1) is 10.7. The number of aliphatic hydroxyl groups is 1. The number of carbonyl (C=O) groups excluding carboxylic acids is 1. The maximum absolute atomic E-state index is 12.6. The van der Waals surface area contributed by atoms with Crippen molar-refractivity contribution in [3.05, 3.63) is 83.4 Å². The van der Waals surface area contributed by atoms with Crippen molar-refractivity contribution in [2.24, 2.45) is 0 Å². The van der Waals surface area contributed by atoms with Crippen molar-refractivity contribution in [2.75, 3.05) is 6.54 Å². The summed E-state index contributed by atoms with van der Waals surface area (Å²) in [6, 6.07) is 19.7. The lowest BCUT2D eigenvalue weighted by atomic mass is 9.99. The summed E-state index contributed by atoms with van der Waals surface area (Å²) >= 11 is 0. The number of carbonyl (C=O) groups is 1. The molecule has 2 aromatic rings. The van der Waals surface area contributed by atoms with Crippen LogP contribution in [0.1, 0.15) is 11.1 Å². The quantitative estimate of drug-likeness (QED) is 0.941. The number of β-amino-alcohol motifs (C(OH)–C–C–N with tert-alkyl or cyclic N) is 1. The highest BCUT2D eigenvalue weighted by Gasteiger charge is 2.26. The number of nitrogens with zero attached hydrogens (tertiary/aromatic N) is 1. The SMILES string of the molecule is O=C1C(Cc2ccccc2)=CC(O)CN1Cc1ccccc1. The topological polar surface area (TPSA) is 40.5 Å². The van der Waals surface area contributed by atoms with Crippen LogP contribution in [-0.2, 0) is 17.8 Å². The molecule has 0 spiro atoms. The van der Waals surface area contributed by atoms with E-state index in [1.165, 1.54) is 0 Å². The molecule has 3 rings (SSSR count). The van der Waals surface area contributed by atoms with Crippen LogP contribution in [0.15, 0.2) is 72.3 Å². The van der Waals surface area contributed by atoms with Crippen LogP contribution in [0.2, 0.25) is 0 Å². The van der Waals surface area contributed by atoms with Crippen molar-refractivity contribution in [3.63, 3.8) is 0 Å². The van der Waals surface area contributed by atoms with E-state index in [0.29, 0.717) is 25.1 Å². The van der Waals surface area contributed by atoms with Crippen molar-refractivity contribution >= 4 is 5.91 Å². The first-order valence-corrected chi connectivity index (χ1v) is 7.48. The highest BCUT2D eigenvalue weighted by atomic mass is 16.3. The maximum atomic E-state index is 12.6. The summed E-state index contributed by atoms with van der Waals surface area (Å²) in [5, 5.41) is 10.1. The third-order valence-corrected chi connectivity index (χ3v) is 3.82. The van der Waals surface area contributed by atoms with Gasteiger partial charge in [0.15, 0.2) is 0 Å². The molecule has 3 heteroatoms. The van der Waals surface area contributed by atoms with Crippen molar-refractivity contribution in [3.8, 4) is 0 Å². The molecule has 112 valence electrons. The second-order valence-corrected chi connectivity index (χ2v) is 5.59. The molecule has 22 heavy (non-hydrogen) atoms. The number of benzene rings is 2. The Morgan fingerprint density at radius 1 is 0.955 bits per heavy atom. The van der Waals surface area contributed by atoms with Crippen molar-refractivity contribution in [1.29, 1.82) is 0 Å². The minimum atomic E-state index is -0.597. The number of hydrogen-bond donors (Lipinski definition) is 1. The van der Waals surface area contributed by atoms with Gasteiger partial charge in [-0.3, -0.25) is 4.79 Å². The van der Waals surface area contributed by atoms with Crippen LogP contribution < -0.4 is 0 Å². The molecule has 1 amide bonds. The van der Waals surface area contributed by atoms with E-state index in [1.807, 2.05) is 60.7 Å². The van der Waals surface area contributed by atoms with Gasteiger partial charge in [-0.15, -0.1) is 0 Å². The van der Waals surface area contributed by atoms with E-state index in [4.69, 9.17) is 0 Å². The Kier molecular flexibility index (Phi) is 4.35. The van der Waals surface area contributed by atoms with Gasteiger partial charge in [0.2, 0.25) is 5.91 Å². The predicted molar refractivity (Wildman–Crippen MR) is 86.1 cm³/mol. The molecule has 3 nitrogen and oxygen atoms in total. The molecule has 1 atom stereocenters. The van der Waals surface area contributed by atoms with Gasteiger partial charge < -0.3 is 10.0 Å². The molecular weight excluding hydrogens is 274 g/mol. The average molecular weight is 293 g/mol. The van der Waals surface area contributed by atoms with Crippen LogP contribution in [-0.4, -0.2) is 28.6 Å². The van der Waals surface area contributed by atoms with E-state index in [2.05, 4.69) is 0 Å². The van der Waals surface area contributed by atoms with E-state index in [1.54, 1.807) is 11.0 Å². The van der Waals surface area contributed by atoms with E-state index >= 15 is 0 Å². The number of aliphatic hydroxyl groups excluding tert-OH is 1. The van der Waals surface area contributed by atoms with Gasteiger partial charge in [-0.2, -0.15) is 0 Å². The zero-order valence-corrected chi connectivity index (χ0v) is 12.4.